The van der Waals surface area contributed by atoms with Crippen LogP contribution in [0.4, 0.5) is 0 Å². The van der Waals surface area contributed by atoms with Gasteiger partial charge in [0.25, 0.3) is 0 Å². The van der Waals surface area contributed by atoms with Crippen LogP contribution in [0.15, 0.2) is 0 Å². The Morgan fingerprint density at radius 1 is 1.43 bits per heavy atom. The third-order valence-electron chi connectivity index (χ3n) is 2.27. The van der Waals surface area contributed by atoms with Gasteiger partial charge in [-0.1, -0.05) is 32.4 Å². The Balaban J connectivity index is 2.87. The first-order valence-electron chi connectivity index (χ1n) is 5.23. The Labute approximate surface area is 84.9 Å². The van der Waals surface area contributed by atoms with Crippen LogP contribution in [0.1, 0.15) is 50.9 Å². The summed E-state index contributed by atoms with van der Waals surface area (Å²) in [6.45, 7) is 7.23. The molecule has 1 N–H and O–H groups in total. The molecule has 0 aliphatic heterocycles. The van der Waals surface area contributed by atoms with Crippen LogP contribution in [0.25, 0.3) is 0 Å². The van der Waals surface area contributed by atoms with Crippen LogP contribution in [-0.2, 0) is 13.2 Å². The molecule has 1 aromatic rings. The molecule has 0 saturated carbocycles. The van der Waals surface area contributed by atoms with Crippen molar-refractivity contribution in [1.29, 1.82) is 0 Å². The summed E-state index contributed by atoms with van der Waals surface area (Å²) >= 11 is 0. The second kappa shape index (κ2) is 5.10. The number of aliphatic hydroxyl groups is 1. The number of rotatable bonds is 5. The third-order valence-corrected chi connectivity index (χ3v) is 2.27. The summed E-state index contributed by atoms with van der Waals surface area (Å²) in [5.74, 6) is 0.365. The van der Waals surface area contributed by atoms with Gasteiger partial charge in [0.05, 0.1) is 12.3 Å². The second-order valence-corrected chi connectivity index (χ2v) is 3.81. The van der Waals surface area contributed by atoms with E-state index >= 15 is 0 Å². The van der Waals surface area contributed by atoms with Crippen molar-refractivity contribution in [2.24, 2.45) is 0 Å². The Bertz CT molecular complexity index is 281. The van der Waals surface area contributed by atoms with Gasteiger partial charge < -0.3 is 5.11 Å². The molecule has 0 aliphatic carbocycles. The van der Waals surface area contributed by atoms with E-state index in [9.17, 15) is 0 Å². The minimum atomic E-state index is -0.0142. The molecule has 1 rings (SSSR count). The van der Waals surface area contributed by atoms with Gasteiger partial charge in [-0.25, -0.2) is 4.68 Å². The van der Waals surface area contributed by atoms with Crippen molar-refractivity contribution in [2.45, 2.75) is 52.7 Å². The standard InChI is InChI=1S/C10H19N3O/c1-4-5-6-13-10(8(2)3)9(7-14)11-12-13/h8,14H,4-7H2,1-3H3. The van der Waals surface area contributed by atoms with Gasteiger partial charge in [0.2, 0.25) is 0 Å². The molecule has 80 valence electrons. The fourth-order valence-corrected chi connectivity index (χ4v) is 1.57. The summed E-state index contributed by atoms with van der Waals surface area (Å²) in [5, 5.41) is 17.1. The van der Waals surface area contributed by atoms with E-state index in [1.165, 1.54) is 0 Å². The van der Waals surface area contributed by atoms with E-state index in [1.54, 1.807) is 0 Å². The molecule has 0 unspecified atom stereocenters. The maximum absolute atomic E-state index is 9.09. The summed E-state index contributed by atoms with van der Waals surface area (Å²) in [7, 11) is 0. The zero-order valence-electron chi connectivity index (χ0n) is 9.19. The van der Waals surface area contributed by atoms with Crippen LogP contribution in [0.3, 0.4) is 0 Å². The topological polar surface area (TPSA) is 50.9 Å². The molecule has 1 aromatic heterocycles. The molecule has 1 heterocycles. The Morgan fingerprint density at radius 3 is 2.64 bits per heavy atom. The second-order valence-electron chi connectivity index (χ2n) is 3.81. The molecule has 0 bridgehead atoms. The van der Waals surface area contributed by atoms with E-state index in [4.69, 9.17) is 5.11 Å². The smallest absolute Gasteiger partial charge is 0.112 e. The van der Waals surface area contributed by atoms with Crippen LogP contribution in [0.2, 0.25) is 0 Å². The highest BCUT2D eigenvalue weighted by atomic mass is 16.3. The SMILES string of the molecule is CCCCn1nnc(CO)c1C(C)C. The van der Waals surface area contributed by atoms with E-state index in [2.05, 4.69) is 31.1 Å². The normalized spacial score (nSPS) is 11.2. The number of aliphatic hydroxyl groups excluding tert-OH is 1. The highest BCUT2D eigenvalue weighted by molar-refractivity contribution is 5.13. The zero-order valence-corrected chi connectivity index (χ0v) is 9.19. The van der Waals surface area contributed by atoms with Crippen molar-refractivity contribution >= 4 is 0 Å². The summed E-state index contributed by atoms with van der Waals surface area (Å²) in [5.41, 5.74) is 1.79. The lowest BCUT2D eigenvalue weighted by molar-refractivity contribution is 0.275. The van der Waals surface area contributed by atoms with Gasteiger partial charge in [0.1, 0.15) is 5.69 Å². The van der Waals surface area contributed by atoms with Crippen LogP contribution < -0.4 is 0 Å². The molecule has 4 nitrogen and oxygen atoms in total. The van der Waals surface area contributed by atoms with Gasteiger partial charge in [0.15, 0.2) is 0 Å². The first kappa shape index (κ1) is 11.2. The number of hydrogen-bond donors (Lipinski definition) is 1. The van der Waals surface area contributed by atoms with Gasteiger partial charge in [-0.3, -0.25) is 0 Å². The van der Waals surface area contributed by atoms with Crippen molar-refractivity contribution in [3.8, 4) is 0 Å². The molecule has 0 saturated heterocycles. The van der Waals surface area contributed by atoms with E-state index in [0.29, 0.717) is 5.92 Å². The number of nitrogens with zero attached hydrogens (tertiary/aromatic N) is 3. The molecule has 0 aromatic carbocycles. The molecule has 0 atom stereocenters. The number of unbranched alkanes of at least 4 members (excludes halogenated alkanes) is 1. The van der Waals surface area contributed by atoms with Crippen LogP contribution in [0, 0.1) is 0 Å². The van der Waals surface area contributed by atoms with Crippen molar-refractivity contribution in [1.82, 2.24) is 15.0 Å². The fourth-order valence-electron chi connectivity index (χ4n) is 1.57. The van der Waals surface area contributed by atoms with Crippen LogP contribution in [0.5, 0.6) is 0 Å². The zero-order chi connectivity index (χ0) is 10.6. The van der Waals surface area contributed by atoms with E-state index in [0.717, 1.165) is 30.8 Å². The number of hydrogen-bond acceptors (Lipinski definition) is 3. The Morgan fingerprint density at radius 2 is 2.14 bits per heavy atom. The maximum atomic E-state index is 9.09. The minimum Gasteiger partial charge on any atom is -0.390 e. The lowest BCUT2D eigenvalue weighted by Crippen LogP contribution is -2.07. The Kier molecular flexibility index (Phi) is 4.07. The third kappa shape index (κ3) is 2.32. The van der Waals surface area contributed by atoms with Gasteiger partial charge in [-0.15, -0.1) is 5.10 Å². The van der Waals surface area contributed by atoms with Crippen LogP contribution in [-0.4, -0.2) is 20.1 Å². The fraction of sp³-hybridized carbons (Fsp3) is 0.800. The lowest BCUT2D eigenvalue weighted by Gasteiger charge is -2.09. The summed E-state index contributed by atoms with van der Waals surface area (Å²) in [4.78, 5) is 0. The molecule has 0 spiro atoms. The van der Waals surface area contributed by atoms with Crippen molar-refractivity contribution < 1.29 is 5.11 Å². The van der Waals surface area contributed by atoms with Crippen molar-refractivity contribution in [3.63, 3.8) is 0 Å². The Hall–Kier alpha value is -0.900. The van der Waals surface area contributed by atoms with Crippen molar-refractivity contribution in [2.75, 3.05) is 0 Å². The van der Waals surface area contributed by atoms with Gasteiger partial charge in [-0.05, 0) is 12.3 Å². The molecule has 0 amide bonds. The average molecular weight is 197 g/mol. The predicted octanol–water partition coefficient (Wildman–Crippen LogP) is 1.69. The predicted molar refractivity (Wildman–Crippen MR) is 54.9 cm³/mol. The largest absolute Gasteiger partial charge is 0.390 e. The number of aromatic nitrogens is 3. The number of aryl methyl sites for hydroxylation is 1. The van der Waals surface area contributed by atoms with Gasteiger partial charge in [-0.2, -0.15) is 0 Å². The average Bonchev–Trinajstić information content (AvgIpc) is 2.57. The summed E-state index contributed by atoms with van der Waals surface area (Å²) in [6, 6.07) is 0. The molecule has 0 radical (unpaired) electrons. The molecule has 4 heteroatoms. The van der Waals surface area contributed by atoms with E-state index in [1.807, 2.05) is 4.68 Å². The highest BCUT2D eigenvalue weighted by Gasteiger charge is 2.14. The monoisotopic (exact) mass is 197 g/mol. The van der Waals surface area contributed by atoms with Gasteiger partial charge in [0, 0.05) is 6.54 Å². The molecule has 14 heavy (non-hydrogen) atoms. The summed E-state index contributed by atoms with van der Waals surface area (Å²) in [6.07, 6.45) is 2.25. The maximum Gasteiger partial charge on any atom is 0.112 e. The van der Waals surface area contributed by atoms with Crippen molar-refractivity contribution in [3.05, 3.63) is 11.4 Å². The first-order chi connectivity index (χ1) is 6.70. The first-order valence-corrected chi connectivity index (χ1v) is 5.23. The molecular weight excluding hydrogens is 178 g/mol. The summed E-state index contributed by atoms with van der Waals surface area (Å²) < 4.78 is 1.92. The lowest BCUT2D eigenvalue weighted by atomic mass is 10.1. The molecule has 0 aliphatic rings. The molecular formula is C10H19N3O. The van der Waals surface area contributed by atoms with Crippen LogP contribution >= 0.6 is 0 Å². The van der Waals surface area contributed by atoms with E-state index in [-0.39, 0.29) is 6.61 Å². The minimum absolute atomic E-state index is 0.0142. The highest BCUT2D eigenvalue weighted by Crippen LogP contribution is 2.17. The quantitative estimate of drug-likeness (QED) is 0.781. The van der Waals surface area contributed by atoms with E-state index < -0.39 is 0 Å². The van der Waals surface area contributed by atoms with Gasteiger partial charge >= 0.3 is 0 Å². The molecule has 0 fully saturated rings.